The van der Waals surface area contributed by atoms with Crippen molar-refractivity contribution in [3.8, 4) is 11.4 Å². The van der Waals surface area contributed by atoms with E-state index in [2.05, 4.69) is 26.1 Å². The standard InChI is InChI=1S/C11H11BrFN3O2/c12-8-5-7(1-2-9(8)13)11-15-10(18-16-11)6-17-4-3-14/h1-2,5H,3-4,6,14H2. The predicted molar refractivity (Wildman–Crippen MR) is 66.1 cm³/mol. The maximum absolute atomic E-state index is 13.1. The van der Waals surface area contributed by atoms with Gasteiger partial charge in [-0.15, -0.1) is 0 Å². The van der Waals surface area contributed by atoms with Crippen molar-refractivity contribution in [3.05, 3.63) is 34.4 Å². The van der Waals surface area contributed by atoms with Crippen molar-refractivity contribution in [2.24, 2.45) is 5.73 Å². The van der Waals surface area contributed by atoms with Crippen LogP contribution in [0, 0.1) is 5.82 Å². The topological polar surface area (TPSA) is 74.2 Å². The molecule has 1 aromatic carbocycles. The highest BCUT2D eigenvalue weighted by Gasteiger charge is 2.10. The number of ether oxygens (including phenoxy) is 1. The fraction of sp³-hybridized carbons (Fsp3) is 0.273. The summed E-state index contributed by atoms with van der Waals surface area (Å²) in [4.78, 5) is 4.14. The molecule has 0 saturated heterocycles. The molecule has 2 N–H and O–H groups in total. The van der Waals surface area contributed by atoms with E-state index in [9.17, 15) is 4.39 Å². The first-order valence-corrected chi connectivity index (χ1v) is 6.06. The van der Waals surface area contributed by atoms with E-state index in [4.69, 9.17) is 15.0 Å². The van der Waals surface area contributed by atoms with Gasteiger partial charge in [0.05, 0.1) is 11.1 Å². The number of benzene rings is 1. The predicted octanol–water partition coefficient (Wildman–Crippen LogP) is 2.11. The Morgan fingerprint density at radius 3 is 3.00 bits per heavy atom. The summed E-state index contributed by atoms with van der Waals surface area (Å²) in [5.74, 6) is 0.412. The number of hydrogen-bond donors (Lipinski definition) is 1. The van der Waals surface area contributed by atoms with Crippen molar-refractivity contribution in [2.75, 3.05) is 13.2 Å². The molecule has 2 rings (SSSR count). The Balaban J connectivity index is 2.11. The van der Waals surface area contributed by atoms with Crippen LogP contribution in [0.25, 0.3) is 11.4 Å². The van der Waals surface area contributed by atoms with Gasteiger partial charge >= 0.3 is 0 Å². The van der Waals surface area contributed by atoms with E-state index in [1.54, 1.807) is 12.1 Å². The van der Waals surface area contributed by atoms with Gasteiger partial charge in [0.2, 0.25) is 5.82 Å². The quantitative estimate of drug-likeness (QED) is 0.855. The molecule has 0 aliphatic heterocycles. The van der Waals surface area contributed by atoms with Crippen LogP contribution in [-0.4, -0.2) is 23.3 Å². The van der Waals surface area contributed by atoms with E-state index in [-0.39, 0.29) is 12.4 Å². The van der Waals surface area contributed by atoms with Gasteiger partial charge in [0.15, 0.2) is 0 Å². The van der Waals surface area contributed by atoms with Crippen LogP contribution in [0.4, 0.5) is 4.39 Å². The summed E-state index contributed by atoms with van der Waals surface area (Å²) in [6, 6.07) is 4.50. The molecule has 0 fully saturated rings. The number of hydrogen-bond acceptors (Lipinski definition) is 5. The molecule has 0 saturated carbocycles. The molecule has 0 aliphatic carbocycles. The molecule has 7 heteroatoms. The molecule has 0 spiro atoms. The van der Waals surface area contributed by atoms with Crippen LogP contribution in [0.15, 0.2) is 27.2 Å². The second-order valence-electron chi connectivity index (χ2n) is 3.48. The molecule has 1 heterocycles. The van der Waals surface area contributed by atoms with Gasteiger partial charge in [-0.05, 0) is 34.1 Å². The van der Waals surface area contributed by atoms with Gasteiger partial charge in [-0.25, -0.2) is 4.39 Å². The molecule has 1 aromatic heterocycles. The SMILES string of the molecule is NCCOCc1nc(-c2ccc(F)c(Br)c2)no1. The lowest BCUT2D eigenvalue weighted by Gasteiger charge is -1.97. The highest BCUT2D eigenvalue weighted by Crippen LogP contribution is 2.23. The second-order valence-corrected chi connectivity index (χ2v) is 4.34. The Morgan fingerprint density at radius 2 is 2.28 bits per heavy atom. The van der Waals surface area contributed by atoms with Gasteiger partial charge < -0.3 is 15.0 Å². The van der Waals surface area contributed by atoms with Crippen LogP contribution in [0.2, 0.25) is 0 Å². The van der Waals surface area contributed by atoms with Crippen molar-refractivity contribution in [1.82, 2.24) is 10.1 Å². The molecule has 0 unspecified atom stereocenters. The summed E-state index contributed by atoms with van der Waals surface area (Å²) in [5.41, 5.74) is 5.95. The number of aromatic nitrogens is 2. The lowest BCUT2D eigenvalue weighted by Crippen LogP contribution is -2.08. The Kier molecular flexibility index (Phi) is 4.40. The Morgan fingerprint density at radius 1 is 1.44 bits per heavy atom. The van der Waals surface area contributed by atoms with Gasteiger partial charge in [0.1, 0.15) is 12.4 Å². The maximum atomic E-state index is 13.1. The summed E-state index contributed by atoms with van der Waals surface area (Å²) in [6.45, 7) is 1.08. The van der Waals surface area contributed by atoms with Crippen molar-refractivity contribution in [1.29, 1.82) is 0 Å². The highest BCUT2D eigenvalue weighted by molar-refractivity contribution is 9.10. The normalized spacial score (nSPS) is 10.8. The number of nitrogens with two attached hydrogens (primary N) is 1. The van der Waals surface area contributed by atoms with Crippen LogP contribution >= 0.6 is 15.9 Å². The Hall–Kier alpha value is -1.31. The molecule has 0 amide bonds. The monoisotopic (exact) mass is 315 g/mol. The van der Waals surface area contributed by atoms with Gasteiger partial charge in [-0.3, -0.25) is 0 Å². The molecular weight excluding hydrogens is 305 g/mol. The fourth-order valence-electron chi connectivity index (χ4n) is 1.31. The first-order chi connectivity index (χ1) is 8.70. The second kappa shape index (κ2) is 6.03. The van der Waals surface area contributed by atoms with Crippen molar-refractivity contribution in [3.63, 3.8) is 0 Å². The number of halogens is 2. The molecule has 0 bridgehead atoms. The van der Waals surface area contributed by atoms with E-state index in [0.29, 0.717) is 34.9 Å². The highest BCUT2D eigenvalue weighted by atomic mass is 79.9. The minimum Gasteiger partial charge on any atom is -0.370 e. The third kappa shape index (κ3) is 3.12. The first kappa shape index (κ1) is 13.1. The zero-order valence-electron chi connectivity index (χ0n) is 9.40. The first-order valence-electron chi connectivity index (χ1n) is 5.26. The van der Waals surface area contributed by atoms with E-state index < -0.39 is 0 Å². The minimum atomic E-state index is -0.339. The van der Waals surface area contributed by atoms with Crippen molar-refractivity contribution in [2.45, 2.75) is 6.61 Å². The van der Waals surface area contributed by atoms with Crippen molar-refractivity contribution < 1.29 is 13.7 Å². The zero-order valence-corrected chi connectivity index (χ0v) is 11.0. The number of rotatable bonds is 5. The van der Waals surface area contributed by atoms with Crippen LogP contribution in [0.1, 0.15) is 5.89 Å². The smallest absolute Gasteiger partial charge is 0.252 e. The van der Waals surface area contributed by atoms with Gasteiger partial charge in [0, 0.05) is 12.1 Å². The molecule has 0 atom stereocenters. The summed E-state index contributed by atoms with van der Waals surface area (Å²) in [5, 5.41) is 3.80. The van der Waals surface area contributed by atoms with Gasteiger partial charge in [0.25, 0.3) is 5.89 Å². The Labute approximate surface area is 111 Å². The maximum Gasteiger partial charge on any atom is 0.252 e. The molecule has 5 nitrogen and oxygen atoms in total. The van der Waals surface area contributed by atoms with Crippen LogP contribution in [0.3, 0.4) is 0 Å². The summed E-state index contributed by atoms with van der Waals surface area (Å²) in [6.07, 6.45) is 0. The van der Waals surface area contributed by atoms with Gasteiger partial charge in [-0.1, -0.05) is 5.16 Å². The average molecular weight is 316 g/mol. The lowest BCUT2D eigenvalue weighted by atomic mass is 10.2. The number of nitrogens with zero attached hydrogens (tertiary/aromatic N) is 2. The summed E-state index contributed by atoms with van der Waals surface area (Å²) in [7, 11) is 0. The van der Waals surface area contributed by atoms with E-state index >= 15 is 0 Å². The van der Waals surface area contributed by atoms with E-state index in [0.717, 1.165) is 0 Å². The Bertz CT molecular complexity index is 533. The third-order valence-electron chi connectivity index (χ3n) is 2.13. The van der Waals surface area contributed by atoms with Crippen LogP contribution < -0.4 is 5.73 Å². The molecule has 0 aliphatic rings. The molecular formula is C11H11BrFN3O2. The third-order valence-corrected chi connectivity index (χ3v) is 2.74. The van der Waals surface area contributed by atoms with Crippen LogP contribution in [-0.2, 0) is 11.3 Å². The van der Waals surface area contributed by atoms with Crippen LogP contribution in [0.5, 0.6) is 0 Å². The molecule has 96 valence electrons. The van der Waals surface area contributed by atoms with E-state index in [1.165, 1.54) is 6.07 Å². The average Bonchev–Trinajstić information content (AvgIpc) is 2.82. The summed E-state index contributed by atoms with van der Waals surface area (Å²) < 4.78 is 23.6. The molecule has 18 heavy (non-hydrogen) atoms. The van der Waals surface area contributed by atoms with Gasteiger partial charge in [-0.2, -0.15) is 4.98 Å². The summed E-state index contributed by atoms with van der Waals surface area (Å²) >= 11 is 3.10. The molecule has 0 radical (unpaired) electrons. The largest absolute Gasteiger partial charge is 0.370 e. The van der Waals surface area contributed by atoms with Crippen molar-refractivity contribution >= 4 is 15.9 Å². The zero-order chi connectivity index (χ0) is 13.0. The van der Waals surface area contributed by atoms with E-state index in [1.807, 2.05) is 0 Å². The lowest BCUT2D eigenvalue weighted by molar-refractivity contribution is 0.104. The molecule has 2 aromatic rings. The minimum absolute atomic E-state index is 0.215. The fourth-order valence-corrected chi connectivity index (χ4v) is 1.69.